The van der Waals surface area contributed by atoms with Crippen molar-refractivity contribution in [3.63, 3.8) is 0 Å². The molecule has 6 heteroatoms. The number of Topliss-reactive ketones (excluding diaryl/α,β-unsaturated/α-hetero) is 2. The van der Waals surface area contributed by atoms with Gasteiger partial charge in [0.1, 0.15) is 6.33 Å². The van der Waals surface area contributed by atoms with Crippen LogP contribution in [0.2, 0.25) is 0 Å². The molecule has 1 atom stereocenters. The van der Waals surface area contributed by atoms with Crippen LogP contribution in [0.3, 0.4) is 0 Å². The first kappa shape index (κ1) is 22.7. The van der Waals surface area contributed by atoms with Gasteiger partial charge in [0.15, 0.2) is 5.82 Å². The van der Waals surface area contributed by atoms with Crippen molar-refractivity contribution in [2.75, 3.05) is 0 Å². The van der Waals surface area contributed by atoms with Gasteiger partial charge < -0.3 is 4.98 Å². The SMILES string of the molecule is CCCC(CCCCCc1ccc(C)cc1)c1[nH]ccc1CC(=O)C(=O)c1ncn[nH]1. The number of unbranched alkanes of at least 4 members (excludes halogenated alkanes) is 2. The van der Waals surface area contributed by atoms with E-state index in [1.807, 2.05) is 12.3 Å². The van der Waals surface area contributed by atoms with Gasteiger partial charge in [-0.2, -0.15) is 5.10 Å². The molecule has 0 radical (unpaired) electrons. The summed E-state index contributed by atoms with van der Waals surface area (Å²) in [5.74, 6) is -0.706. The van der Waals surface area contributed by atoms with E-state index in [1.54, 1.807) is 0 Å². The third-order valence-corrected chi connectivity index (χ3v) is 5.79. The topological polar surface area (TPSA) is 91.5 Å². The van der Waals surface area contributed by atoms with Crippen molar-refractivity contribution >= 4 is 11.6 Å². The Bertz CT molecular complexity index is 958. The monoisotopic (exact) mass is 420 g/mol. The number of aryl methyl sites for hydroxylation is 2. The molecule has 1 aromatic carbocycles. The van der Waals surface area contributed by atoms with Crippen LogP contribution in [0.25, 0.3) is 0 Å². The van der Waals surface area contributed by atoms with Crippen molar-refractivity contribution in [2.24, 2.45) is 0 Å². The summed E-state index contributed by atoms with van der Waals surface area (Å²) in [5.41, 5.74) is 4.71. The second-order valence-corrected chi connectivity index (χ2v) is 8.25. The Labute approximate surface area is 183 Å². The fourth-order valence-corrected chi connectivity index (χ4v) is 4.08. The Kier molecular flexibility index (Phi) is 8.33. The van der Waals surface area contributed by atoms with Gasteiger partial charge in [-0.1, -0.05) is 56.0 Å². The van der Waals surface area contributed by atoms with Crippen LogP contribution in [-0.2, 0) is 17.6 Å². The molecule has 0 aliphatic rings. The summed E-state index contributed by atoms with van der Waals surface area (Å²) >= 11 is 0. The number of H-pyrrole nitrogens is 2. The number of carbonyl (C=O) groups excluding carboxylic acids is 2. The van der Waals surface area contributed by atoms with Crippen LogP contribution < -0.4 is 0 Å². The van der Waals surface area contributed by atoms with Gasteiger partial charge in [-0.05, 0) is 55.7 Å². The van der Waals surface area contributed by atoms with Gasteiger partial charge >= 0.3 is 0 Å². The van der Waals surface area contributed by atoms with E-state index in [4.69, 9.17) is 0 Å². The molecule has 0 bridgehead atoms. The van der Waals surface area contributed by atoms with Crippen LogP contribution in [0, 0.1) is 6.92 Å². The lowest BCUT2D eigenvalue weighted by atomic mass is 9.89. The van der Waals surface area contributed by atoms with E-state index < -0.39 is 11.6 Å². The third kappa shape index (κ3) is 6.48. The number of nitrogens with one attached hydrogen (secondary N) is 2. The smallest absolute Gasteiger partial charge is 0.265 e. The largest absolute Gasteiger partial charge is 0.365 e. The maximum atomic E-state index is 12.4. The molecule has 0 aliphatic heterocycles. The van der Waals surface area contributed by atoms with Crippen molar-refractivity contribution < 1.29 is 9.59 Å². The standard InChI is InChI=1S/C25H32N4O2/c1-3-7-20(9-6-4-5-8-19-12-10-18(2)11-13-19)23-21(14-15-26-23)16-22(30)24(31)25-27-17-28-29-25/h10-15,17,20,26H,3-9,16H2,1-2H3,(H,27,28,29). The van der Waals surface area contributed by atoms with E-state index in [0.717, 1.165) is 43.4 Å². The van der Waals surface area contributed by atoms with E-state index in [0.29, 0.717) is 5.92 Å². The number of rotatable bonds is 13. The second-order valence-electron chi connectivity index (χ2n) is 8.25. The second kappa shape index (κ2) is 11.4. The molecule has 164 valence electrons. The Morgan fingerprint density at radius 2 is 1.84 bits per heavy atom. The Morgan fingerprint density at radius 3 is 2.55 bits per heavy atom. The van der Waals surface area contributed by atoms with Crippen molar-refractivity contribution in [3.05, 3.63) is 71.1 Å². The van der Waals surface area contributed by atoms with E-state index in [1.165, 1.54) is 30.3 Å². The summed E-state index contributed by atoms with van der Waals surface area (Å²) in [5, 5.41) is 6.12. The Balaban J connectivity index is 1.52. The molecule has 3 rings (SSSR count). The number of nitrogens with zero attached hydrogens (tertiary/aromatic N) is 2. The summed E-state index contributed by atoms with van der Waals surface area (Å²) in [6.45, 7) is 4.30. The zero-order valence-corrected chi connectivity index (χ0v) is 18.5. The van der Waals surface area contributed by atoms with Crippen LogP contribution in [0.5, 0.6) is 0 Å². The molecule has 6 nitrogen and oxygen atoms in total. The van der Waals surface area contributed by atoms with Crippen LogP contribution in [-0.4, -0.2) is 31.7 Å². The fraction of sp³-hybridized carbons (Fsp3) is 0.440. The molecule has 0 aliphatic carbocycles. The average Bonchev–Trinajstić information content (AvgIpc) is 3.46. The molecule has 0 spiro atoms. The highest BCUT2D eigenvalue weighted by Gasteiger charge is 2.23. The third-order valence-electron chi connectivity index (χ3n) is 5.79. The quantitative estimate of drug-likeness (QED) is 0.228. The first-order valence-corrected chi connectivity index (χ1v) is 11.2. The molecule has 0 fully saturated rings. The van der Waals surface area contributed by atoms with Crippen molar-refractivity contribution in [1.82, 2.24) is 20.2 Å². The van der Waals surface area contributed by atoms with E-state index >= 15 is 0 Å². The van der Waals surface area contributed by atoms with Crippen molar-refractivity contribution in [2.45, 2.75) is 71.1 Å². The molecule has 31 heavy (non-hydrogen) atoms. The summed E-state index contributed by atoms with van der Waals surface area (Å²) in [4.78, 5) is 31.8. The minimum atomic E-state index is -0.618. The van der Waals surface area contributed by atoms with Crippen LogP contribution in [0.1, 0.15) is 84.4 Å². The predicted molar refractivity (Wildman–Crippen MR) is 121 cm³/mol. The van der Waals surface area contributed by atoms with Gasteiger partial charge in [-0.3, -0.25) is 14.7 Å². The lowest BCUT2D eigenvalue weighted by Gasteiger charge is -2.17. The van der Waals surface area contributed by atoms with E-state index in [-0.39, 0.29) is 12.2 Å². The van der Waals surface area contributed by atoms with E-state index in [9.17, 15) is 9.59 Å². The van der Waals surface area contributed by atoms with Crippen molar-refractivity contribution in [3.8, 4) is 0 Å². The normalized spacial score (nSPS) is 12.1. The number of hydrogen-bond donors (Lipinski definition) is 2. The highest BCUT2D eigenvalue weighted by molar-refractivity contribution is 6.43. The number of aromatic nitrogens is 4. The number of aromatic amines is 2. The molecular formula is C25H32N4O2. The highest BCUT2D eigenvalue weighted by Crippen LogP contribution is 2.29. The zero-order chi connectivity index (χ0) is 22.1. The van der Waals surface area contributed by atoms with Gasteiger partial charge in [-0.15, -0.1) is 0 Å². The van der Waals surface area contributed by atoms with Gasteiger partial charge in [0.25, 0.3) is 5.78 Å². The summed E-state index contributed by atoms with van der Waals surface area (Å²) in [7, 11) is 0. The molecule has 2 N–H and O–H groups in total. The molecule has 0 saturated carbocycles. The molecule has 2 heterocycles. The van der Waals surface area contributed by atoms with Crippen molar-refractivity contribution in [1.29, 1.82) is 0 Å². The van der Waals surface area contributed by atoms with Gasteiger partial charge in [0, 0.05) is 18.3 Å². The molecule has 2 aromatic heterocycles. The van der Waals surface area contributed by atoms with Gasteiger partial charge in [0.05, 0.1) is 0 Å². The minimum absolute atomic E-state index is 0.000713. The molecule has 0 amide bonds. The lowest BCUT2D eigenvalue weighted by molar-refractivity contribution is -0.114. The van der Waals surface area contributed by atoms with Gasteiger partial charge in [0.2, 0.25) is 5.78 Å². The average molecular weight is 421 g/mol. The Hall–Kier alpha value is -3.02. The van der Waals surface area contributed by atoms with Gasteiger partial charge in [-0.25, -0.2) is 4.98 Å². The van der Waals surface area contributed by atoms with Crippen LogP contribution in [0.4, 0.5) is 0 Å². The minimum Gasteiger partial charge on any atom is -0.365 e. The number of ketones is 2. The highest BCUT2D eigenvalue weighted by atomic mass is 16.2. The van der Waals surface area contributed by atoms with Crippen LogP contribution >= 0.6 is 0 Å². The zero-order valence-electron chi connectivity index (χ0n) is 18.5. The maximum Gasteiger partial charge on any atom is 0.265 e. The first-order valence-electron chi connectivity index (χ1n) is 11.2. The number of hydrogen-bond acceptors (Lipinski definition) is 4. The summed E-state index contributed by atoms with van der Waals surface area (Å²) < 4.78 is 0. The number of carbonyl (C=O) groups is 2. The first-order chi connectivity index (χ1) is 15.1. The maximum absolute atomic E-state index is 12.4. The lowest BCUT2D eigenvalue weighted by Crippen LogP contribution is -2.19. The van der Waals surface area contributed by atoms with E-state index in [2.05, 4.69) is 58.3 Å². The molecular weight excluding hydrogens is 388 g/mol. The fourth-order valence-electron chi connectivity index (χ4n) is 4.08. The number of benzene rings is 1. The van der Waals surface area contributed by atoms with Crippen LogP contribution in [0.15, 0.2) is 42.9 Å². The summed E-state index contributed by atoms with van der Waals surface area (Å²) in [6, 6.07) is 10.7. The Morgan fingerprint density at radius 1 is 1.03 bits per heavy atom. The molecule has 0 saturated heterocycles. The predicted octanol–water partition coefficient (Wildman–Crippen LogP) is 5.12. The summed E-state index contributed by atoms with van der Waals surface area (Å²) in [6.07, 6.45) is 11.1. The molecule has 3 aromatic rings. The molecule has 1 unspecified atom stereocenters.